The smallest absolute Gasteiger partial charge is 0.225 e. The molecule has 1 atom stereocenters. The molecular formula is C16H11Cl2FN2O. The standard InChI is InChI=1S/C16H11Cl2FN2O/c17-13-6-1-10(7-14(13)18)8-16(22)21-15(9-20)11-2-4-12(19)5-3-11/h1-7,15H,8H2,(H,21,22)/t15-/m1/s1. The Hall–Kier alpha value is -2.09. The highest BCUT2D eigenvalue weighted by atomic mass is 35.5. The van der Waals surface area contributed by atoms with Crippen LogP contribution < -0.4 is 5.32 Å². The number of benzene rings is 2. The van der Waals surface area contributed by atoms with Gasteiger partial charge in [-0.3, -0.25) is 4.79 Å². The van der Waals surface area contributed by atoms with Crippen molar-refractivity contribution in [2.45, 2.75) is 12.5 Å². The van der Waals surface area contributed by atoms with E-state index in [0.29, 0.717) is 21.2 Å². The Balaban J connectivity index is 2.05. The van der Waals surface area contributed by atoms with Crippen molar-refractivity contribution in [2.75, 3.05) is 0 Å². The van der Waals surface area contributed by atoms with Gasteiger partial charge in [-0.2, -0.15) is 5.26 Å². The average molecular weight is 337 g/mol. The highest BCUT2D eigenvalue weighted by Gasteiger charge is 2.14. The zero-order valence-corrected chi connectivity index (χ0v) is 12.8. The summed E-state index contributed by atoms with van der Waals surface area (Å²) < 4.78 is 12.9. The third-order valence-electron chi connectivity index (χ3n) is 2.99. The number of hydrogen-bond donors (Lipinski definition) is 1. The Labute approximate surface area is 137 Å². The van der Waals surface area contributed by atoms with E-state index in [0.717, 1.165) is 0 Å². The van der Waals surface area contributed by atoms with Gasteiger partial charge in [-0.05, 0) is 35.4 Å². The minimum atomic E-state index is -0.837. The van der Waals surface area contributed by atoms with Crippen LogP contribution in [0.25, 0.3) is 0 Å². The number of carbonyl (C=O) groups is 1. The molecule has 112 valence electrons. The third kappa shape index (κ3) is 4.20. The van der Waals surface area contributed by atoms with E-state index in [9.17, 15) is 9.18 Å². The summed E-state index contributed by atoms with van der Waals surface area (Å²) in [6, 6.07) is 11.4. The summed E-state index contributed by atoms with van der Waals surface area (Å²) in [6.45, 7) is 0. The fourth-order valence-electron chi connectivity index (χ4n) is 1.89. The predicted octanol–water partition coefficient (Wildman–Crippen LogP) is 4.06. The molecule has 0 radical (unpaired) electrons. The molecule has 0 saturated heterocycles. The topological polar surface area (TPSA) is 52.9 Å². The normalized spacial score (nSPS) is 11.5. The van der Waals surface area contributed by atoms with Crippen molar-refractivity contribution in [3.05, 3.63) is 69.5 Å². The molecule has 0 aliphatic carbocycles. The van der Waals surface area contributed by atoms with E-state index in [1.54, 1.807) is 18.2 Å². The Morgan fingerprint density at radius 1 is 1.18 bits per heavy atom. The monoisotopic (exact) mass is 336 g/mol. The van der Waals surface area contributed by atoms with Crippen molar-refractivity contribution in [2.24, 2.45) is 0 Å². The number of rotatable bonds is 4. The van der Waals surface area contributed by atoms with Crippen molar-refractivity contribution >= 4 is 29.1 Å². The fourth-order valence-corrected chi connectivity index (χ4v) is 2.21. The van der Waals surface area contributed by atoms with Crippen molar-refractivity contribution < 1.29 is 9.18 Å². The second kappa shape index (κ2) is 7.26. The van der Waals surface area contributed by atoms with E-state index in [1.807, 2.05) is 6.07 Å². The SMILES string of the molecule is N#C[C@@H](NC(=O)Cc1ccc(Cl)c(Cl)c1)c1ccc(F)cc1. The van der Waals surface area contributed by atoms with Gasteiger partial charge in [0.15, 0.2) is 0 Å². The van der Waals surface area contributed by atoms with Crippen LogP contribution in [0.5, 0.6) is 0 Å². The lowest BCUT2D eigenvalue weighted by atomic mass is 10.1. The Morgan fingerprint density at radius 3 is 2.45 bits per heavy atom. The molecule has 0 unspecified atom stereocenters. The molecule has 0 aliphatic heterocycles. The van der Waals surface area contributed by atoms with Gasteiger partial charge >= 0.3 is 0 Å². The summed E-state index contributed by atoms with van der Waals surface area (Å²) in [4.78, 5) is 12.0. The zero-order valence-electron chi connectivity index (χ0n) is 11.3. The molecule has 0 saturated carbocycles. The summed E-state index contributed by atoms with van der Waals surface area (Å²) in [5.74, 6) is -0.739. The molecule has 2 aromatic carbocycles. The number of hydrogen-bond acceptors (Lipinski definition) is 2. The lowest BCUT2D eigenvalue weighted by molar-refractivity contribution is -0.120. The van der Waals surface area contributed by atoms with E-state index in [1.165, 1.54) is 24.3 Å². The van der Waals surface area contributed by atoms with Gasteiger partial charge in [-0.25, -0.2) is 4.39 Å². The van der Waals surface area contributed by atoms with Crippen LogP contribution >= 0.6 is 23.2 Å². The van der Waals surface area contributed by atoms with Crippen LogP contribution in [-0.2, 0) is 11.2 Å². The Bertz CT molecular complexity index is 726. The van der Waals surface area contributed by atoms with Crippen LogP contribution in [0.15, 0.2) is 42.5 Å². The largest absolute Gasteiger partial charge is 0.336 e. The van der Waals surface area contributed by atoms with Crippen LogP contribution in [0.4, 0.5) is 4.39 Å². The number of halogens is 3. The highest BCUT2D eigenvalue weighted by Crippen LogP contribution is 2.23. The maximum atomic E-state index is 12.9. The minimum Gasteiger partial charge on any atom is -0.336 e. The first-order valence-electron chi connectivity index (χ1n) is 6.38. The molecule has 0 bridgehead atoms. The van der Waals surface area contributed by atoms with Crippen LogP contribution in [0.1, 0.15) is 17.2 Å². The van der Waals surface area contributed by atoms with Crippen LogP contribution in [-0.4, -0.2) is 5.91 Å². The predicted molar refractivity (Wildman–Crippen MR) is 83.1 cm³/mol. The first kappa shape index (κ1) is 16.3. The summed E-state index contributed by atoms with van der Waals surface area (Å²) in [7, 11) is 0. The van der Waals surface area contributed by atoms with Crippen molar-refractivity contribution in [3.63, 3.8) is 0 Å². The Morgan fingerprint density at radius 2 is 1.86 bits per heavy atom. The van der Waals surface area contributed by atoms with E-state index >= 15 is 0 Å². The highest BCUT2D eigenvalue weighted by molar-refractivity contribution is 6.42. The molecule has 0 fully saturated rings. The molecule has 2 rings (SSSR count). The van der Waals surface area contributed by atoms with Gasteiger partial charge in [0.1, 0.15) is 11.9 Å². The second-order valence-corrected chi connectivity index (χ2v) is 5.42. The second-order valence-electron chi connectivity index (χ2n) is 4.61. The summed E-state index contributed by atoms with van der Waals surface area (Å²) in [5.41, 5.74) is 1.20. The van der Waals surface area contributed by atoms with E-state index in [4.69, 9.17) is 28.5 Å². The van der Waals surface area contributed by atoms with Crippen LogP contribution in [0, 0.1) is 17.1 Å². The van der Waals surface area contributed by atoms with Crippen LogP contribution in [0.2, 0.25) is 10.0 Å². The average Bonchev–Trinajstić information content (AvgIpc) is 2.49. The molecule has 1 amide bonds. The fraction of sp³-hybridized carbons (Fsp3) is 0.125. The summed E-state index contributed by atoms with van der Waals surface area (Å²) in [5, 5.41) is 12.5. The molecule has 0 aromatic heterocycles. The van der Waals surface area contributed by atoms with Gasteiger partial charge in [-0.15, -0.1) is 0 Å². The molecular weight excluding hydrogens is 326 g/mol. The molecule has 0 heterocycles. The van der Waals surface area contributed by atoms with E-state index in [2.05, 4.69) is 5.32 Å². The molecule has 1 N–H and O–H groups in total. The molecule has 0 aliphatic rings. The lowest BCUT2D eigenvalue weighted by Crippen LogP contribution is -2.29. The maximum Gasteiger partial charge on any atom is 0.225 e. The Kier molecular flexibility index (Phi) is 5.37. The van der Waals surface area contributed by atoms with E-state index in [-0.39, 0.29) is 12.3 Å². The number of nitriles is 1. The minimum absolute atomic E-state index is 0.0657. The maximum absolute atomic E-state index is 12.9. The van der Waals surface area contributed by atoms with Gasteiger partial charge < -0.3 is 5.32 Å². The third-order valence-corrected chi connectivity index (χ3v) is 3.73. The van der Waals surface area contributed by atoms with Crippen LogP contribution in [0.3, 0.4) is 0 Å². The summed E-state index contributed by atoms with van der Waals surface area (Å²) in [6.07, 6.45) is 0.0657. The molecule has 0 spiro atoms. The van der Waals surface area contributed by atoms with Crippen molar-refractivity contribution in [3.8, 4) is 6.07 Å². The van der Waals surface area contributed by atoms with Crippen molar-refractivity contribution in [1.82, 2.24) is 5.32 Å². The number of carbonyl (C=O) groups excluding carboxylic acids is 1. The van der Waals surface area contributed by atoms with Crippen molar-refractivity contribution in [1.29, 1.82) is 5.26 Å². The first-order valence-corrected chi connectivity index (χ1v) is 7.13. The number of nitrogens with one attached hydrogen (secondary N) is 1. The summed E-state index contributed by atoms with van der Waals surface area (Å²) >= 11 is 11.7. The molecule has 2 aromatic rings. The first-order chi connectivity index (χ1) is 10.5. The number of amides is 1. The molecule has 22 heavy (non-hydrogen) atoms. The quantitative estimate of drug-likeness (QED) is 0.915. The zero-order chi connectivity index (χ0) is 16.1. The number of nitrogens with zero attached hydrogens (tertiary/aromatic N) is 1. The molecule has 3 nitrogen and oxygen atoms in total. The van der Waals surface area contributed by atoms with Gasteiger partial charge in [0.2, 0.25) is 5.91 Å². The van der Waals surface area contributed by atoms with Gasteiger partial charge in [0, 0.05) is 0 Å². The molecule has 6 heteroatoms. The van der Waals surface area contributed by atoms with Gasteiger partial charge in [0.05, 0.1) is 22.5 Å². The van der Waals surface area contributed by atoms with Gasteiger partial charge in [0.25, 0.3) is 0 Å². The van der Waals surface area contributed by atoms with E-state index < -0.39 is 11.9 Å². The lowest BCUT2D eigenvalue weighted by Gasteiger charge is -2.12. The van der Waals surface area contributed by atoms with Gasteiger partial charge in [-0.1, -0.05) is 41.4 Å².